The third-order valence-corrected chi connectivity index (χ3v) is 9.45. The molecule has 10 rings (SSSR count). The van der Waals surface area contributed by atoms with Crippen molar-refractivity contribution in [3.63, 3.8) is 0 Å². The van der Waals surface area contributed by atoms with Crippen LogP contribution in [0.5, 0.6) is 0 Å². The summed E-state index contributed by atoms with van der Waals surface area (Å²) in [4.78, 5) is 9.28. The van der Waals surface area contributed by atoms with E-state index in [2.05, 4.69) is 139 Å². The zero-order chi connectivity index (χ0) is 29.5. The molecule has 0 N–H and O–H groups in total. The number of aromatic nitrogens is 3. The minimum Gasteiger partial charge on any atom is -0.291 e. The van der Waals surface area contributed by atoms with E-state index in [1.165, 1.54) is 75.8 Å². The molecule has 2 heterocycles. The van der Waals surface area contributed by atoms with Crippen molar-refractivity contribution in [3.8, 4) is 22.4 Å². The first kappa shape index (κ1) is 24.4. The number of fused-ring (bicyclic) bond motifs is 7. The Bertz CT molecular complexity index is 2790. The average Bonchev–Trinajstić information content (AvgIpc) is 3.54. The molecular formula is C42H25N3. The van der Waals surface area contributed by atoms with E-state index in [4.69, 9.17) is 4.98 Å². The zero-order valence-corrected chi connectivity index (χ0v) is 24.3. The highest BCUT2D eigenvalue weighted by Crippen LogP contribution is 2.42. The lowest BCUT2D eigenvalue weighted by atomic mass is 9.88. The molecule has 0 aliphatic carbocycles. The maximum Gasteiger partial charge on any atom is 0.234 e. The molecule has 208 valence electrons. The summed E-state index contributed by atoms with van der Waals surface area (Å²) in [6.07, 6.45) is 5.83. The Morgan fingerprint density at radius 3 is 1.76 bits per heavy atom. The molecule has 0 radical (unpaired) electrons. The number of hydrogen-bond donors (Lipinski definition) is 0. The van der Waals surface area contributed by atoms with Crippen molar-refractivity contribution >= 4 is 70.4 Å². The van der Waals surface area contributed by atoms with Gasteiger partial charge in [0.2, 0.25) is 5.78 Å². The van der Waals surface area contributed by atoms with Crippen molar-refractivity contribution in [3.05, 3.63) is 152 Å². The number of rotatable bonds is 2. The van der Waals surface area contributed by atoms with E-state index < -0.39 is 0 Å². The summed E-state index contributed by atoms with van der Waals surface area (Å²) >= 11 is 0. The molecule has 0 aliphatic rings. The van der Waals surface area contributed by atoms with Gasteiger partial charge in [0.25, 0.3) is 0 Å². The highest BCUT2D eigenvalue weighted by molar-refractivity contribution is 6.32. The fourth-order valence-electron chi connectivity index (χ4n) is 7.46. The Balaban J connectivity index is 1.31. The number of nitrogens with zero attached hydrogens (tertiary/aromatic N) is 3. The Kier molecular flexibility index (Phi) is 5.00. The van der Waals surface area contributed by atoms with Gasteiger partial charge in [-0.05, 0) is 87.9 Å². The minimum atomic E-state index is 0.702. The molecule has 0 atom stereocenters. The molecule has 0 fully saturated rings. The summed E-state index contributed by atoms with van der Waals surface area (Å²) < 4.78 is 1.98. The normalized spacial score (nSPS) is 12.0. The fraction of sp³-hybridized carbons (Fsp3) is 0. The molecule has 45 heavy (non-hydrogen) atoms. The largest absolute Gasteiger partial charge is 0.291 e. The molecule has 0 saturated carbocycles. The van der Waals surface area contributed by atoms with Crippen molar-refractivity contribution in [1.82, 2.24) is 14.4 Å². The molecular weight excluding hydrogens is 546 g/mol. The molecule has 3 nitrogen and oxygen atoms in total. The van der Waals surface area contributed by atoms with Gasteiger partial charge in [0.15, 0.2) is 0 Å². The second-order valence-corrected chi connectivity index (χ2v) is 11.8. The number of benzene rings is 7. The van der Waals surface area contributed by atoms with Gasteiger partial charge < -0.3 is 0 Å². The van der Waals surface area contributed by atoms with E-state index in [0.29, 0.717) is 5.78 Å². The van der Waals surface area contributed by atoms with Gasteiger partial charge in [-0.15, -0.1) is 0 Å². The summed E-state index contributed by atoms with van der Waals surface area (Å²) in [5, 5.41) is 15.2. The third-order valence-electron chi connectivity index (χ3n) is 9.45. The molecule has 10 aromatic rings. The molecule has 0 bridgehead atoms. The molecule has 0 aliphatic heterocycles. The Morgan fingerprint density at radius 1 is 0.444 bits per heavy atom. The predicted molar refractivity (Wildman–Crippen MR) is 189 cm³/mol. The molecule has 0 spiro atoms. The van der Waals surface area contributed by atoms with Gasteiger partial charge in [0.05, 0.1) is 5.69 Å². The van der Waals surface area contributed by atoms with Crippen LogP contribution in [-0.2, 0) is 0 Å². The van der Waals surface area contributed by atoms with Crippen LogP contribution in [0, 0.1) is 0 Å². The summed E-state index contributed by atoms with van der Waals surface area (Å²) in [7, 11) is 0. The molecule has 3 heteroatoms. The van der Waals surface area contributed by atoms with E-state index >= 15 is 0 Å². The summed E-state index contributed by atoms with van der Waals surface area (Å²) in [6.45, 7) is 0. The Hall–Kier alpha value is -6.06. The lowest BCUT2D eigenvalue weighted by Gasteiger charge is -2.15. The summed E-state index contributed by atoms with van der Waals surface area (Å²) in [5.41, 5.74) is 4.43. The number of imidazole rings is 1. The lowest BCUT2D eigenvalue weighted by molar-refractivity contribution is 1.11. The fourth-order valence-corrected chi connectivity index (χ4v) is 7.46. The van der Waals surface area contributed by atoms with E-state index in [1.54, 1.807) is 6.20 Å². The smallest absolute Gasteiger partial charge is 0.234 e. The molecule has 2 aromatic heterocycles. The third kappa shape index (κ3) is 3.52. The van der Waals surface area contributed by atoms with Gasteiger partial charge in [0, 0.05) is 24.2 Å². The topological polar surface area (TPSA) is 30.2 Å². The minimum absolute atomic E-state index is 0.702. The Morgan fingerprint density at radius 2 is 1.04 bits per heavy atom. The molecule has 8 aromatic carbocycles. The van der Waals surface area contributed by atoms with Crippen molar-refractivity contribution in [1.29, 1.82) is 0 Å². The summed E-state index contributed by atoms with van der Waals surface area (Å²) in [5.74, 6) is 0.702. The van der Waals surface area contributed by atoms with Crippen LogP contribution in [-0.4, -0.2) is 14.4 Å². The van der Waals surface area contributed by atoms with Crippen molar-refractivity contribution in [2.24, 2.45) is 0 Å². The van der Waals surface area contributed by atoms with E-state index in [9.17, 15) is 0 Å². The molecule has 0 unspecified atom stereocenters. The maximum atomic E-state index is 4.84. The van der Waals surface area contributed by atoms with Crippen LogP contribution in [0.2, 0.25) is 0 Å². The molecule has 0 saturated heterocycles. The first-order valence-corrected chi connectivity index (χ1v) is 15.3. The highest BCUT2D eigenvalue weighted by Gasteiger charge is 2.15. The quantitative estimate of drug-likeness (QED) is 0.193. The van der Waals surface area contributed by atoms with Gasteiger partial charge in [0.1, 0.15) is 0 Å². The Labute approximate surface area is 258 Å². The van der Waals surface area contributed by atoms with Crippen LogP contribution in [0.1, 0.15) is 0 Å². The lowest BCUT2D eigenvalue weighted by Crippen LogP contribution is -1.88. The van der Waals surface area contributed by atoms with Crippen molar-refractivity contribution in [2.75, 3.05) is 0 Å². The van der Waals surface area contributed by atoms with Gasteiger partial charge in [-0.2, -0.15) is 0 Å². The average molecular weight is 572 g/mol. The zero-order valence-electron chi connectivity index (χ0n) is 24.3. The SMILES string of the molecule is c1ccc2c(-c3cn4cccnc4n3)ccc(-c3ccc4c(c3)c3ccccc3c3cccc5ccc6cccc4c6c53)c2c1. The monoisotopic (exact) mass is 571 g/mol. The van der Waals surface area contributed by atoms with Crippen LogP contribution >= 0.6 is 0 Å². The van der Waals surface area contributed by atoms with Crippen LogP contribution < -0.4 is 0 Å². The van der Waals surface area contributed by atoms with Gasteiger partial charge in [-0.25, -0.2) is 9.97 Å². The summed E-state index contributed by atoms with van der Waals surface area (Å²) in [6, 6.07) is 48.9. The second-order valence-electron chi connectivity index (χ2n) is 11.8. The second kappa shape index (κ2) is 9.22. The number of hydrogen-bond acceptors (Lipinski definition) is 2. The highest BCUT2D eigenvalue weighted by atomic mass is 15.1. The van der Waals surface area contributed by atoms with Crippen molar-refractivity contribution in [2.45, 2.75) is 0 Å². The molecule has 0 amide bonds. The van der Waals surface area contributed by atoms with E-state index in [0.717, 1.165) is 11.3 Å². The van der Waals surface area contributed by atoms with Crippen molar-refractivity contribution < 1.29 is 0 Å². The van der Waals surface area contributed by atoms with E-state index in [1.807, 2.05) is 16.7 Å². The first-order valence-electron chi connectivity index (χ1n) is 15.3. The van der Waals surface area contributed by atoms with Crippen LogP contribution in [0.15, 0.2) is 152 Å². The van der Waals surface area contributed by atoms with Crippen LogP contribution in [0.25, 0.3) is 92.8 Å². The first-order chi connectivity index (χ1) is 22.3. The maximum absolute atomic E-state index is 4.84. The van der Waals surface area contributed by atoms with Crippen LogP contribution in [0.4, 0.5) is 0 Å². The predicted octanol–water partition coefficient (Wildman–Crippen LogP) is 11.0. The van der Waals surface area contributed by atoms with Gasteiger partial charge in [-0.1, -0.05) is 121 Å². The van der Waals surface area contributed by atoms with Crippen LogP contribution in [0.3, 0.4) is 0 Å². The van der Waals surface area contributed by atoms with E-state index in [-0.39, 0.29) is 0 Å². The van der Waals surface area contributed by atoms with Gasteiger partial charge in [-0.3, -0.25) is 4.40 Å². The van der Waals surface area contributed by atoms with Gasteiger partial charge >= 0.3 is 0 Å². The standard InChI is InChI=1S/C42H25N3/c1-2-11-31-30(10-1)29(20-21-35(31)39-25-45-23-7-22-43-42(45)44-39)28-18-19-34-37-15-6-9-27-17-16-26-8-5-14-36(40(26)41(27)37)32-12-3-4-13-33(32)38(34)24-28/h1-25H.